The van der Waals surface area contributed by atoms with Gasteiger partial charge in [-0.3, -0.25) is 9.59 Å². The molecule has 3 unspecified atom stereocenters. The predicted octanol–water partition coefficient (Wildman–Crippen LogP) is 3.81. The van der Waals surface area contributed by atoms with Crippen molar-refractivity contribution in [3.63, 3.8) is 0 Å². The number of hydrogen-bond acceptors (Lipinski definition) is 5. The molecule has 34 heavy (non-hydrogen) atoms. The summed E-state index contributed by atoms with van der Waals surface area (Å²) in [7, 11) is 0. The standard InChI is InChI=1S/C26H27ClN2O5/c27-19-8-2-1-7-17(19)13-24-26(31)29(20-9-3-4-10-21(20)34-24)15-25(30)28-14-18-16-32-22-11-5-6-12-23(22)33-18/h1-2,5-8,11-13,18,20-21H,3-4,9-10,14-16H2,(H,28,30)/b24-13+. The summed E-state index contributed by atoms with van der Waals surface area (Å²) in [5.41, 5.74) is 0.709. The number of para-hydroxylation sites is 2. The zero-order valence-corrected chi connectivity index (χ0v) is 19.5. The van der Waals surface area contributed by atoms with E-state index in [9.17, 15) is 9.59 Å². The Labute approximate surface area is 203 Å². The smallest absolute Gasteiger partial charge is 0.289 e. The van der Waals surface area contributed by atoms with E-state index in [-0.39, 0.29) is 42.4 Å². The molecule has 3 aliphatic rings. The zero-order valence-electron chi connectivity index (χ0n) is 18.7. The van der Waals surface area contributed by atoms with E-state index in [4.69, 9.17) is 25.8 Å². The maximum absolute atomic E-state index is 13.3. The van der Waals surface area contributed by atoms with Crippen LogP contribution in [0.25, 0.3) is 6.08 Å². The predicted molar refractivity (Wildman–Crippen MR) is 128 cm³/mol. The fraction of sp³-hybridized carbons (Fsp3) is 0.385. The molecule has 1 saturated carbocycles. The van der Waals surface area contributed by atoms with Gasteiger partial charge in [0.15, 0.2) is 17.3 Å². The molecule has 1 N–H and O–H groups in total. The van der Waals surface area contributed by atoms with Crippen LogP contribution in [-0.4, -0.2) is 54.7 Å². The van der Waals surface area contributed by atoms with Gasteiger partial charge in [0.25, 0.3) is 5.91 Å². The van der Waals surface area contributed by atoms with Crippen LogP contribution in [0.1, 0.15) is 31.2 Å². The first kappa shape index (κ1) is 22.6. The molecule has 178 valence electrons. The topological polar surface area (TPSA) is 77.1 Å². The first-order valence-electron chi connectivity index (χ1n) is 11.7. The molecule has 3 atom stereocenters. The largest absolute Gasteiger partial charge is 0.486 e. The van der Waals surface area contributed by atoms with Crippen molar-refractivity contribution in [3.8, 4) is 11.5 Å². The molecule has 0 spiro atoms. The van der Waals surface area contributed by atoms with Crippen molar-refractivity contribution in [3.05, 3.63) is 64.9 Å². The number of fused-ring (bicyclic) bond motifs is 2. The molecule has 2 aromatic carbocycles. The molecule has 2 heterocycles. The minimum Gasteiger partial charge on any atom is -0.486 e. The summed E-state index contributed by atoms with van der Waals surface area (Å²) in [6.07, 6.45) is 4.96. The van der Waals surface area contributed by atoms with Crippen LogP contribution in [0.15, 0.2) is 54.3 Å². The fourth-order valence-corrected chi connectivity index (χ4v) is 4.89. The number of benzene rings is 2. The molecule has 0 aromatic heterocycles. The van der Waals surface area contributed by atoms with Gasteiger partial charge < -0.3 is 24.4 Å². The van der Waals surface area contributed by atoms with Gasteiger partial charge in [-0.2, -0.15) is 0 Å². The number of nitrogens with zero attached hydrogens (tertiary/aromatic N) is 1. The Bertz CT molecular complexity index is 1100. The van der Waals surface area contributed by atoms with Crippen LogP contribution in [-0.2, 0) is 14.3 Å². The summed E-state index contributed by atoms with van der Waals surface area (Å²) in [4.78, 5) is 27.8. The van der Waals surface area contributed by atoms with E-state index in [1.54, 1.807) is 17.0 Å². The van der Waals surface area contributed by atoms with Gasteiger partial charge in [-0.25, -0.2) is 0 Å². The molecule has 2 aliphatic heterocycles. The lowest BCUT2D eigenvalue weighted by Crippen LogP contribution is -2.57. The summed E-state index contributed by atoms with van der Waals surface area (Å²) < 4.78 is 17.7. The second-order valence-electron chi connectivity index (χ2n) is 8.77. The first-order valence-corrected chi connectivity index (χ1v) is 12.1. The SMILES string of the molecule is O=C(CN1C(=O)/C(=C\c2ccccc2Cl)OC2CCCCC21)NCC1COc2ccccc2O1. The number of carbonyl (C=O) groups excluding carboxylic acids is 2. The summed E-state index contributed by atoms with van der Waals surface area (Å²) >= 11 is 6.28. The van der Waals surface area contributed by atoms with Crippen LogP contribution in [0.5, 0.6) is 11.5 Å². The van der Waals surface area contributed by atoms with Crippen LogP contribution >= 0.6 is 11.6 Å². The number of rotatable bonds is 5. The molecule has 2 fully saturated rings. The zero-order chi connectivity index (χ0) is 23.5. The number of ether oxygens (including phenoxy) is 3. The number of morpholine rings is 1. The van der Waals surface area contributed by atoms with Crippen molar-refractivity contribution in [2.45, 2.75) is 43.9 Å². The molecule has 1 aliphatic carbocycles. The highest BCUT2D eigenvalue weighted by atomic mass is 35.5. The second-order valence-corrected chi connectivity index (χ2v) is 9.18. The van der Waals surface area contributed by atoms with Crippen LogP contribution in [0.3, 0.4) is 0 Å². The second kappa shape index (κ2) is 9.97. The Kier molecular flexibility index (Phi) is 6.63. The van der Waals surface area contributed by atoms with Crippen molar-refractivity contribution in [2.24, 2.45) is 0 Å². The molecule has 8 heteroatoms. The summed E-state index contributed by atoms with van der Waals surface area (Å²) in [6, 6.07) is 14.6. The molecular weight excluding hydrogens is 456 g/mol. The van der Waals surface area contributed by atoms with Crippen molar-refractivity contribution in [1.29, 1.82) is 0 Å². The van der Waals surface area contributed by atoms with E-state index in [0.717, 1.165) is 25.7 Å². The summed E-state index contributed by atoms with van der Waals surface area (Å²) in [6.45, 7) is 0.610. The van der Waals surface area contributed by atoms with Crippen molar-refractivity contribution >= 4 is 29.5 Å². The highest BCUT2D eigenvalue weighted by Crippen LogP contribution is 2.34. The minimum atomic E-state index is -0.294. The van der Waals surface area contributed by atoms with Crippen molar-refractivity contribution in [1.82, 2.24) is 10.2 Å². The number of hydrogen-bond donors (Lipinski definition) is 1. The van der Waals surface area contributed by atoms with Gasteiger partial charge in [0, 0.05) is 5.02 Å². The Hall–Kier alpha value is -3.19. The van der Waals surface area contributed by atoms with Gasteiger partial charge in [-0.05, 0) is 49.1 Å². The van der Waals surface area contributed by atoms with E-state index < -0.39 is 0 Å². The van der Waals surface area contributed by atoms with Gasteiger partial charge >= 0.3 is 0 Å². The molecule has 1 saturated heterocycles. The van der Waals surface area contributed by atoms with E-state index in [1.165, 1.54) is 0 Å². The van der Waals surface area contributed by atoms with Crippen LogP contribution in [0.2, 0.25) is 5.02 Å². The lowest BCUT2D eigenvalue weighted by molar-refractivity contribution is -0.151. The molecule has 2 aromatic rings. The van der Waals surface area contributed by atoms with E-state index in [0.29, 0.717) is 35.2 Å². The maximum atomic E-state index is 13.3. The highest BCUT2D eigenvalue weighted by Gasteiger charge is 2.42. The Balaban J connectivity index is 1.26. The Morgan fingerprint density at radius 1 is 1.06 bits per heavy atom. The van der Waals surface area contributed by atoms with Crippen LogP contribution < -0.4 is 14.8 Å². The molecule has 7 nitrogen and oxygen atoms in total. The first-order chi connectivity index (χ1) is 16.6. The number of amides is 2. The van der Waals surface area contributed by atoms with Gasteiger partial charge in [0.05, 0.1) is 12.6 Å². The monoisotopic (exact) mass is 482 g/mol. The molecule has 2 amide bonds. The number of halogens is 1. The van der Waals surface area contributed by atoms with Gasteiger partial charge in [0.2, 0.25) is 5.91 Å². The molecular formula is C26H27ClN2O5. The van der Waals surface area contributed by atoms with E-state index >= 15 is 0 Å². The Morgan fingerprint density at radius 3 is 2.68 bits per heavy atom. The molecule has 0 bridgehead atoms. The van der Waals surface area contributed by atoms with Gasteiger partial charge in [-0.1, -0.05) is 48.4 Å². The quantitative estimate of drug-likeness (QED) is 0.656. The van der Waals surface area contributed by atoms with Crippen molar-refractivity contribution in [2.75, 3.05) is 19.7 Å². The average Bonchev–Trinajstić information content (AvgIpc) is 2.86. The minimum absolute atomic E-state index is 0.0343. The Morgan fingerprint density at radius 2 is 1.82 bits per heavy atom. The summed E-state index contributed by atoms with van der Waals surface area (Å²) in [5.74, 6) is 1.06. The fourth-order valence-electron chi connectivity index (χ4n) is 4.70. The third-order valence-electron chi connectivity index (χ3n) is 6.42. The highest BCUT2D eigenvalue weighted by molar-refractivity contribution is 6.32. The molecule has 0 radical (unpaired) electrons. The van der Waals surface area contributed by atoms with Crippen LogP contribution in [0, 0.1) is 0 Å². The lowest BCUT2D eigenvalue weighted by atomic mass is 9.89. The van der Waals surface area contributed by atoms with Crippen molar-refractivity contribution < 1.29 is 23.8 Å². The van der Waals surface area contributed by atoms with E-state index in [1.807, 2.05) is 42.5 Å². The number of carbonyl (C=O) groups is 2. The maximum Gasteiger partial charge on any atom is 0.289 e. The average molecular weight is 483 g/mol. The number of nitrogens with one attached hydrogen (secondary N) is 1. The third kappa shape index (κ3) is 4.85. The summed E-state index contributed by atoms with van der Waals surface area (Å²) in [5, 5.41) is 3.44. The van der Waals surface area contributed by atoms with E-state index in [2.05, 4.69) is 5.32 Å². The lowest BCUT2D eigenvalue weighted by Gasteiger charge is -2.44. The van der Waals surface area contributed by atoms with Gasteiger partial charge in [0.1, 0.15) is 25.4 Å². The third-order valence-corrected chi connectivity index (χ3v) is 6.76. The van der Waals surface area contributed by atoms with Gasteiger partial charge in [-0.15, -0.1) is 0 Å². The normalized spacial score (nSPS) is 24.9. The molecule has 5 rings (SSSR count). The van der Waals surface area contributed by atoms with Crippen LogP contribution in [0.4, 0.5) is 0 Å².